The fourth-order valence-corrected chi connectivity index (χ4v) is 3.68. The Hall–Kier alpha value is -0.510. The number of aliphatic hydroxyl groups excluding tert-OH is 1. The molecule has 0 aliphatic heterocycles. The molecule has 100 valence electrons. The average molecular weight is 265 g/mol. The van der Waals surface area contributed by atoms with E-state index in [-0.39, 0.29) is 6.10 Å². The van der Waals surface area contributed by atoms with E-state index in [9.17, 15) is 5.11 Å². The largest absolute Gasteiger partial charge is 0.392 e. The molecular formula is C15H23NOS. The maximum Gasteiger partial charge on any atom is 0.0662 e. The van der Waals surface area contributed by atoms with Crippen molar-refractivity contribution in [2.75, 3.05) is 7.05 Å². The summed E-state index contributed by atoms with van der Waals surface area (Å²) in [5.74, 6) is 0. The molecule has 3 heteroatoms. The molecule has 2 unspecified atom stereocenters. The first-order valence-corrected chi connectivity index (χ1v) is 7.76. The molecule has 0 heterocycles. The molecule has 0 spiro atoms. The number of aliphatic hydroxyl groups is 1. The average Bonchev–Trinajstić information content (AvgIpc) is 2.58. The number of rotatable bonds is 4. The van der Waals surface area contributed by atoms with Crippen molar-refractivity contribution in [2.45, 2.75) is 54.9 Å². The van der Waals surface area contributed by atoms with Crippen LogP contribution in [0, 0.1) is 0 Å². The van der Waals surface area contributed by atoms with Crippen LogP contribution in [-0.2, 0) is 6.54 Å². The summed E-state index contributed by atoms with van der Waals surface area (Å²) in [5, 5.41) is 13.6. The summed E-state index contributed by atoms with van der Waals surface area (Å²) in [6.07, 6.45) is 5.69. The molecule has 0 amide bonds. The summed E-state index contributed by atoms with van der Waals surface area (Å²) < 4.78 is 0. The van der Waals surface area contributed by atoms with Crippen LogP contribution in [0.4, 0.5) is 0 Å². The molecule has 1 aliphatic carbocycles. The topological polar surface area (TPSA) is 32.3 Å². The lowest BCUT2D eigenvalue weighted by Crippen LogP contribution is -2.21. The highest BCUT2D eigenvalue weighted by Crippen LogP contribution is 2.33. The first kappa shape index (κ1) is 13.9. The van der Waals surface area contributed by atoms with Crippen LogP contribution in [0.2, 0.25) is 0 Å². The quantitative estimate of drug-likeness (QED) is 0.820. The van der Waals surface area contributed by atoms with Crippen LogP contribution < -0.4 is 5.32 Å². The lowest BCUT2D eigenvalue weighted by molar-refractivity contribution is 0.163. The summed E-state index contributed by atoms with van der Waals surface area (Å²) in [7, 11) is 1.96. The van der Waals surface area contributed by atoms with E-state index in [0.29, 0.717) is 5.25 Å². The first-order chi connectivity index (χ1) is 8.79. The third-order valence-electron chi connectivity index (χ3n) is 3.51. The van der Waals surface area contributed by atoms with E-state index >= 15 is 0 Å². The molecule has 1 saturated carbocycles. The fourth-order valence-electron chi connectivity index (χ4n) is 2.46. The van der Waals surface area contributed by atoms with Gasteiger partial charge in [0.15, 0.2) is 0 Å². The molecule has 18 heavy (non-hydrogen) atoms. The molecule has 0 aromatic heterocycles. The van der Waals surface area contributed by atoms with Crippen molar-refractivity contribution in [1.29, 1.82) is 0 Å². The van der Waals surface area contributed by atoms with E-state index in [1.54, 1.807) is 0 Å². The van der Waals surface area contributed by atoms with Crippen LogP contribution in [0.1, 0.15) is 37.7 Å². The molecule has 2 atom stereocenters. The van der Waals surface area contributed by atoms with E-state index in [4.69, 9.17) is 0 Å². The molecule has 1 aromatic carbocycles. The van der Waals surface area contributed by atoms with Crippen molar-refractivity contribution >= 4 is 11.8 Å². The van der Waals surface area contributed by atoms with E-state index in [1.165, 1.54) is 29.7 Å². The summed E-state index contributed by atoms with van der Waals surface area (Å²) in [6, 6.07) is 8.69. The maximum absolute atomic E-state index is 10.1. The van der Waals surface area contributed by atoms with Gasteiger partial charge in [-0.25, -0.2) is 0 Å². The van der Waals surface area contributed by atoms with E-state index < -0.39 is 0 Å². The van der Waals surface area contributed by atoms with Gasteiger partial charge < -0.3 is 10.4 Å². The van der Waals surface area contributed by atoms with E-state index in [2.05, 4.69) is 29.6 Å². The fraction of sp³-hybridized carbons (Fsp3) is 0.600. The molecule has 1 fully saturated rings. The SMILES string of the molecule is CNCc1ccc(SC2CCCCCC2O)cc1. The minimum absolute atomic E-state index is 0.130. The number of hydrogen-bond donors (Lipinski definition) is 2. The predicted octanol–water partition coefficient (Wildman–Crippen LogP) is 3.19. The second kappa shape index (κ2) is 7.17. The van der Waals surface area contributed by atoms with Gasteiger partial charge in [-0.15, -0.1) is 11.8 Å². The van der Waals surface area contributed by atoms with Gasteiger partial charge in [-0.05, 0) is 37.6 Å². The van der Waals surface area contributed by atoms with Gasteiger partial charge in [0.2, 0.25) is 0 Å². The number of hydrogen-bond acceptors (Lipinski definition) is 3. The number of nitrogens with one attached hydrogen (secondary N) is 1. The van der Waals surface area contributed by atoms with Gasteiger partial charge >= 0.3 is 0 Å². The highest BCUT2D eigenvalue weighted by molar-refractivity contribution is 8.00. The normalized spacial score (nSPS) is 24.8. The smallest absolute Gasteiger partial charge is 0.0662 e. The van der Waals surface area contributed by atoms with E-state index in [0.717, 1.165) is 19.4 Å². The van der Waals surface area contributed by atoms with Crippen molar-refractivity contribution in [3.63, 3.8) is 0 Å². The lowest BCUT2D eigenvalue weighted by atomic mass is 10.1. The molecule has 0 radical (unpaired) electrons. The van der Waals surface area contributed by atoms with Crippen molar-refractivity contribution < 1.29 is 5.11 Å². The summed E-state index contributed by atoms with van der Waals surface area (Å²) >= 11 is 1.84. The highest BCUT2D eigenvalue weighted by atomic mass is 32.2. The molecule has 1 aliphatic rings. The molecule has 1 aromatic rings. The van der Waals surface area contributed by atoms with Gasteiger partial charge in [-0.1, -0.05) is 31.4 Å². The third-order valence-corrected chi connectivity index (χ3v) is 4.91. The van der Waals surface area contributed by atoms with Crippen LogP contribution in [0.25, 0.3) is 0 Å². The molecular weight excluding hydrogens is 242 g/mol. The lowest BCUT2D eigenvalue weighted by Gasteiger charge is -2.19. The summed E-state index contributed by atoms with van der Waals surface area (Å²) in [5.41, 5.74) is 1.31. The zero-order valence-corrected chi connectivity index (χ0v) is 11.9. The number of thioether (sulfide) groups is 1. The van der Waals surface area contributed by atoms with Crippen LogP contribution >= 0.6 is 11.8 Å². The second-order valence-electron chi connectivity index (χ2n) is 5.04. The highest BCUT2D eigenvalue weighted by Gasteiger charge is 2.22. The molecule has 2 rings (SSSR count). The zero-order valence-electron chi connectivity index (χ0n) is 11.1. The first-order valence-electron chi connectivity index (χ1n) is 6.88. The van der Waals surface area contributed by atoms with Gasteiger partial charge in [-0.3, -0.25) is 0 Å². The zero-order chi connectivity index (χ0) is 12.8. The third kappa shape index (κ3) is 4.01. The molecule has 0 bridgehead atoms. The Morgan fingerprint density at radius 3 is 2.61 bits per heavy atom. The second-order valence-corrected chi connectivity index (χ2v) is 6.35. The molecule has 0 saturated heterocycles. The Morgan fingerprint density at radius 1 is 1.17 bits per heavy atom. The Labute approximate surface area is 114 Å². The Balaban J connectivity index is 1.94. The monoisotopic (exact) mass is 265 g/mol. The van der Waals surface area contributed by atoms with Crippen LogP contribution in [0.15, 0.2) is 29.2 Å². The van der Waals surface area contributed by atoms with Gasteiger partial charge in [0.05, 0.1) is 6.10 Å². The van der Waals surface area contributed by atoms with Crippen molar-refractivity contribution in [3.05, 3.63) is 29.8 Å². The van der Waals surface area contributed by atoms with Gasteiger partial charge in [-0.2, -0.15) is 0 Å². The van der Waals surface area contributed by atoms with Crippen LogP contribution in [-0.4, -0.2) is 23.5 Å². The Bertz CT molecular complexity index is 352. The van der Waals surface area contributed by atoms with Crippen LogP contribution in [0.5, 0.6) is 0 Å². The minimum atomic E-state index is -0.130. The van der Waals surface area contributed by atoms with E-state index in [1.807, 2.05) is 18.8 Å². The van der Waals surface area contributed by atoms with Gasteiger partial charge in [0, 0.05) is 16.7 Å². The standard InChI is InChI=1S/C15H23NOS/c1-16-11-12-7-9-13(10-8-12)18-15-6-4-2-3-5-14(15)17/h7-10,14-17H,2-6,11H2,1H3. The summed E-state index contributed by atoms with van der Waals surface area (Å²) in [4.78, 5) is 1.28. The minimum Gasteiger partial charge on any atom is -0.392 e. The maximum atomic E-state index is 10.1. The Morgan fingerprint density at radius 2 is 1.89 bits per heavy atom. The van der Waals surface area contributed by atoms with Crippen molar-refractivity contribution in [3.8, 4) is 0 Å². The number of benzene rings is 1. The van der Waals surface area contributed by atoms with Crippen molar-refractivity contribution in [2.24, 2.45) is 0 Å². The molecule has 2 nitrogen and oxygen atoms in total. The Kier molecular flexibility index (Phi) is 5.54. The van der Waals surface area contributed by atoms with Gasteiger partial charge in [0.1, 0.15) is 0 Å². The predicted molar refractivity (Wildman–Crippen MR) is 77.9 cm³/mol. The van der Waals surface area contributed by atoms with Crippen molar-refractivity contribution in [1.82, 2.24) is 5.32 Å². The summed E-state index contributed by atoms with van der Waals surface area (Å²) in [6.45, 7) is 0.914. The van der Waals surface area contributed by atoms with Gasteiger partial charge in [0.25, 0.3) is 0 Å². The van der Waals surface area contributed by atoms with Crippen LogP contribution in [0.3, 0.4) is 0 Å². The molecule has 2 N–H and O–H groups in total.